The zero-order chi connectivity index (χ0) is 13.8. The second kappa shape index (κ2) is 5.67. The molecule has 0 spiro atoms. The molecule has 1 N–H and O–H groups in total. The molecule has 0 bridgehead atoms. The fourth-order valence-electron chi connectivity index (χ4n) is 1.72. The van der Waals surface area contributed by atoms with Gasteiger partial charge in [-0.2, -0.15) is 10.4 Å². The van der Waals surface area contributed by atoms with Gasteiger partial charge in [-0.05, 0) is 26.7 Å². The van der Waals surface area contributed by atoms with E-state index in [1.54, 1.807) is 17.1 Å². The SMILES string of the molecule is CCC(C#N)(CC)C(=O)Nc1cnn(C(C)C)c1. The molecular formula is C13H20N4O. The third-order valence-electron chi connectivity index (χ3n) is 3.24. The maximum absolute atomic E-state index is 12.1. The van der Waals surface area contributed by atoms with Gasteiger partial charge in [-0.1, -0.05) is 13.8 Å². The summed E-state index contributed by atoms with van der Waals surface area (Å²) in [7, 11) is 0. The molecule has 1 rings (SSSR count). The molecule has 1 aromatic heterocycles. The molecule has 98 valence electrons. The number of hydrogen-bond acceptors (Lipinski definition) is 3. The van der Waals surface area contributed by atoms with E-state index in [1.165, 1.54) is 0 Å². The first-order chi connectivity index (χ1) is 8.49. The van der Waals surface area contributed by atoms with Crippen molar-refractivity contribution in [1.82, 2.24) is 9.78 Å². The van der Waals surface area contributed by atoms with E-state index in [1.807, 2.05) is 27.7 Å². The van der Waals surface area contributed by atoms with Crippen molar-refractivity contribution in [3.8, 4) is 6.07 Å². The van der Waals surface area contributed by atoms with Crippen LogP contribution < -0.4 is 5.32 Å². The van der Waals surface area contributed by atoms with E-state index in [9.17, 15) is 10.1 Å². The highest BCUT2D eigenvalue weighted by molar-refractivity contribution is 5.96. The Morgan fingerprint density at radius 2 is 2.17 bits per heavy atom. The van der Waals surface area contributed by atoms with Crippen molar-refractivity contribution in [3.63, 3.8) is 0 Å². The van der Waals surface area contributed by atoms with Crippen LogP contribution in [0, 0.1) is 16.7 Å². The Morgan fingerprint density at radius 3 is 2.56 bits per heavy atom. The lowest BCUT2D eigenvalue weighted by atomic mass is 9.83. The Bertz CT molecular complexity index is 452. The summed E-state index contributed by atoms with van der Waals surface area (Å²) in [5, 5.41) is 16.1. The summed E-state index contributed by atoms with van der Waals surface area (Å²) < 4.78 is 1.77. The van der Waals surface area contributed by atoms with Gasteiger partial charge >= 0.3 is 0 Å². The van der Waals surface area contributed by atoms with E-state index in [2.05, 4.69) is 16.5 Å². The fraction of sp³-hybridized carbons (Fsp3) is 0.615. The van der Waals surface area contributed by atoms with Crippen LogP contribution in [0.5, 0.6) is 0 Å². The van der Waals surface area contributed by atoms with Gasteiger partial charge in [-0.25, -0.2) is 0 Å². The zero-order valence-corrected chi connectivity index (χ0v) is 11.4. The monoisotopic (exact) mass is 248 g/mol. The third-order valence-corrected chi connectivity index (χ3v) is 3.24. The van der Waals surface area contributed by atoms with E-state index < -0.39 is 5.41 Å². The number of nitrogens with one attached hydrogen (secondary N) is 1. The normalized spacial score (nSPS) is 11.3. The van der Waals surface area contributed by atoms with Crippen LogP contribution in [-0.4, -0.2) is 15.7 Å². The average Bonchev–Trinajstić information content (AvgIpc) is 2.81. The number of hydrogen-bond donors (Lipinski definition) is 1. The molecule has 0 aliphatic heterocycles. The van der Waals surface area contributed by atoms with E-state index in [0.717, 1.165) is 0 Å². The van der Waals surface area contributed by atoms with Gasteiger partial charge in [0.2, 0.25) is 5.91 Å². The largest absolute Gasteiger partial charge is 0.322 e. The molecule has 0 aliphatic carbocycles. The molecule has 1 aromatic rings. The highest BCUT2D eigenvalue weighted by Crippen LogP contribution is 2.27. The van der Waals surface area contributed by atoms with Crippen LogP contribution in [-0.2, 0) is 4.79 Å². The topological polar surface area (TPSA) is 70.7 Å². The van der Waals surface area contributed by atoms with E-state index >= 15 is 0 Å². The van der Waals surface area contributed by atoms with Crippen molar-refractivity contribution in [1.29, 1.82) is 5.26 Å². The van der Waals surface area contributed by atoms with Crippen LogP contribution >= 0.6 is 0 Å². The Balaban J connectivity index is 2.84. The van der Waals surface area contributed by atoms with E-state index in [0.29, 0.717) is 18.5 Å². The second-order valence-electron chi connectivity index (χ2n) is 4.66. The van der Waals surface area contributed by atoms with Crippen molar-refractivity contribution in [2.45, 2.75) is 46.6 Å². The minimum absolute atomic E-state index is 0.244. The van der Waals surface area contributed by atoms with E-state index in [4.69, 9.17) is 0 Å². The Hall–Kier alpha value is -1.83. The lowest BCUT2D eigenvalue weighted by Gasteiger charge is -2.21. The van der Waals surface area contributed by atoms with Crippen molar-refractivity contribution in [2.75, 3.05) is 5.32 Å². The first kappa shape index (κ1) is 14.2. The van der Waals surface area contributed by atoms with Crippen LogP contribution in [0.2, 0.25) is 0 Å². The summed E-state index contributed by atoms with van der Waals surface area (Å²) in [6.07, 6.45) is 4.38. The Kier molecular flexibility index (Phi) is 4.49. The van der Waals surface area contributed by atoms with Gasteiger partial charge in [-0.3, -0.25) is 9.48 Å². The number of anilines is 1. The smallest absolute Gasteiger partial charge is 0.244 e. The molecule has 0 saturated heterocycles. The molecule has 0 fully saturated rings. The predicted octanol–water partition coefficient (Wildman–Crippen LogP) is 2.73. The first-order valence-electron chi connectivity index (χ1n) is 6.26. The lowest BCUT2D eigenvalue weighted by molar-refractivity contribution is -0.123. The molecule has 0 atom stereocenters. The van der Waals surface area contributed by atoms with Gasteiger partial charge in [0.1, 0.15) is 5.41 Å². The number of aromatic nitrogens is 2. The molecule has 1 amide bonds. The number of rotatable bonds is 5. The first-order valence-corrected chi connectivity index (χ1v) is 6.26. The van der Waals surface area contributed by atoms with Crippen LogP contribution in [0.3, 0.4) is 0 Å². The standard InChI is InChI=1S/C13H20N4O/c1-5-13(6-2,9-14)12(18)16-11-7-15-17(8-11)10(3)4/h7-8,10H,5-6H2,1-4H3,(H,16,18). The molecule has 0 saturated carbocycles. The minimum Gasteiger partial charge on any atom is -0.322 e. The summed E-state index contributed by atoms with van der Waals surface area (Å²) in [5.74, 6) is -0.252. The van der Waals surface area contributed by atoms with Gasteiger partial charge in [-0.15, -0.1) is 0 Å². The fourth-order valence-corrected chi connectivity index (χ4v) is 1.72. The molecule has 18 heavy (non-hydrogen) atoms. The van der Waals surface area contributed by atoms with Crippen molar-refractivity contribution in [3.05, 3.63) is 12.4 Å². The maximum atomic E-state index is 12.1. The van der Waals surface area contributed by atoms with Crippen LogP contribution in [0.4, 0.5) is 5.69 Å². The molecule has 0 radical (unpaired) electrons. The van der Waals surface area contributed by atoms with E-state index in [-0.39, 0.29) is 11.9 Å². The molecule has 5 nitrogen and oxygen atoms in total. The molecule has 1 heterocycles. The van der Waals surface area contributed by atoms with Crippen LogP contribution in [0.25, 0.3) is 0 Å². The number of amides is 1. The van der Waals surface area contributed by atoms with Gasteiger partial charge < -0.3 is 5.32 Å². The maximum Gasteiger partial charge on any atom is 0.244 e. The molecule has 0 aliphatic rings. The quantitative estimate of drug-likeness (QED) is 0.870. The molecule has 5 heteroatoms. The average molecular weight is 248 g/mol. The minimum atomic E-state index is -0.945. The van der Waals surface area contributed by atoms with Gasteiger partial charge in [0.15, 0.2) is 0 Å². The second-order valence-corrected chi connectivity index (χ2v) is 4.66. The van der Waals surface area contributed by atoms with Gasteiger partial charge in [0, 0.05) is 12.2 Å². The molecule has 0 unspecified atom stereocenters. The summed E-state index contributed by atoms with van der Waals surface area (Å²) >= 11 is 0. The Morgan fingerprint density at radius 1 is 1.56 bits per heavy atom. The summed E-state index contributed by atoms with van der Waals surface area (Å²) in [6.45, 7) is 7.72. The summed E-state index contributed by atoms with van der Waals surface area (Å²) in [5.41, 5.74) is -0.310. The van der Waals surface area contributed by atoms with Gasteiger partial charge in [0.05, 0.1) is 18.0 Å². The number of nitrogens with zero attached hydrogens (tertiary/aromatic N) is 3. The summed E-state index contributed by atoms with van der Waals surface area (Å²) in [6, 6.07) is 2.37. The van der Waals surface area contributed by atoms with Crippen molar-refractivity contribution in [2.24, 2.45) is 5.41 Å². The van der Waals surface area contributed by atoms with Crippen LogP contribution in [0.1, 0.15) is 46.6 Å². The number of nitriles is 1. The summed E-state index contributed by atoms with van der Waals surface area (Å²) in [4.78, 5) is 12.1. The predicted molar refractivity (Wildman–Crippen MR) is 69.9 cm³/mol. The van der Waals surface area contributed by atoms with Crippen molar-refractivity contribution < 1.29 is 4.79 Å². The Labute approximate surface area is 108 Å². The van der Waals surface area contributed by atoms with Gasteiger partial charge in [0.25, 0.3) is 0 Å². The third kappa shape index (κ3) is 2.70. The molecular weight excluding hydrogens is 228 g/mol. The lowest BCUT2D eigenvalue weighted by Crippen LogP contribution is -2.33. The van der Waals surface area contributed by atoms with Crippen molar-refractivity contribution >= 4 is 11.6 Å². The number of carbonyl (C=O) groups excluding carboxylic acids is 1. The number of carbonyl (C=O) groups is 1. The van der Waals surface area contributed by atoms with Crippen LogP contribution in [0.15, 0.2) is 12.4 Å². The highest BCUT2D eigenvalue weighted by Gasteiger charge is 2.35. The highest BCUT2D eigenvalue weighted by atomic mass is 16.2. The molecule has 0 aromatic carbocycles. The zero-order valence-electron chi connectivity index (χ0n) is 11.4.